The quantitative estimate of drug-likeness (QED) is 0.677. The minimum atomic E-state index is 1.02. The fourth-order valence-electron chi connectivity index (χ4n) is 0. The zero-order chi connectivity index (χ0) is 4.28. The zero-order valence-electron chi connectivity index (χ0n) is 3.65. The van der Waals surface area contributed by atoms with Crippen molar-refractivity contribution in [2.24, 2.45) is 0 Å². The summed E-state index contributed by atoms with van der Waals surface area (Å²) < 4.78 is 2.29. The second-order valence-electron chi connectivity index (χ2n) is 1.01. The Morgan fingerprint density at radius 3 is 2.00 bits per heavy atom. The normalized spacial score (nSPS) is 9.80. The molecule has 0 bridgehead atoms. The number of rotatable bonds is 1. The maximum atomic E-state index is 2.29. The van der Waals surface area contributed by atoms with Crippen LogP contribution in [-0.2, 0) is 0 Å². The van der Waals surface area contributed by atoms with Gasteiger partial charge >= 0.3 is 52.5 Å². The fourth-order valence-corrected chi connectivity index (χ4v) is 0. The van der Waals surface area contributed by atoms with E-state index in [0.717, 1.165) is 29.7 Å². The van der Waals surface area contributed by atoms with Crippen LogP contribution in [-0.4, -0.2) is 15.8 Å². The summed E-state index contributed by atoms with van der Waals surface area (Å²) in [6.45, 7) is 3.38. The molecule has 0 saturated heterocycles. The van der Waals surface area contributed by atoms with Crippen LogP contribution in [0.2, 0.25) is 0 Å². The summed E-state index contributed by atoms with van der Waals surface area (Å²) in [4.78, 5) is 0. The van der Waals surface area contributed by atoms with Crippen LogP contribution in [0.4, 0.5) is 0 Å². The van der Waals surface area contributed by atoms with E-state index < -0.39 is 0 Å². The van der Waals surface area contributed by atoms with E-state index >= 15 is 0 Å². The summed E-state index contributed by atoms with van der Waals surface area (Å²) in [7, 11) is 2.13. The predicted octanol–water partition coefficient (Wildman–Crippen LogP) is 0.402. The van der Waals surface area contributed by atoms with E-state index in [1.807, 2.05) is 0 Å². The minimum absolute atomic E-state index is 1.02. The van der Waals surface area contributed by atoms with Gasteiger partial charge in [-0.3, -0.25) is 0 Å². The maximum absolute atomic E-state index is 2.29. The molecule has 0 aliphatic heterocycles. The van der Waals surface area contributed by atoms with Gasteiger partial charge in [0.2, 0.25) is 0 Å². The average Bonchev–Trinajstić information content (AvgIpc) is 1.38. The van der Waals surface area contributed by atoms with Crippen molar-refractivity contribution in [1.82, 2.24) is 2.23 Å². The molecule has 0 amide bonds. The third-order valence-corrected chi connectivity index (χ3v) is 1.79. The summed E-state index contributed by atoms with van der Waals surface area (Å²) >= 11 is 1.02. The first-order chi connectivity index (χ1) is 2.27. The van der Waals surface area contributed by atoms with Crippen molar-refractivity contribution in [3.8, 4) is 0 Å². The molecule has 0 spiro atoms. The number of hydrogen-bond acceptors (Lipinski definition) is 1. The van der Waals surface area contributed by atoms with E-state index in [4.69, 9.17) is 0 Å². The molecular formula is C3H8NU. The molecule has 1 nitrogen and oxygen atoms in total. The van der Waals surface area contributed by atoms with E-state index in [1.54, 1.807) is 0 Å². The molecule has 0 unspecified atom stereocenters. The molecule has 0 atom stereocenters. The van der Waals surface area contributed by atoms with Crippen molar-refractivity contribution in [3.63, 3.8) is 0 Å². The molecular weight excluding hydrogens is 288 g/mol. The SMILES string of the molecule is CC[N](C)[U]. The van der Waals surface area contributed by atoms with Crippen molar-refractivity contribution in [3.05, 3.63) is 0 Å². The molecule has 0 N–H and O–H groups in total. The Kier molecular flexibility index (Phi) is 3.86. The first-order valence-electron chi connectivity index (χ1n) is 1.69. The van der Waals surface area contributed by atoms with Crippen LogP contribution in [0.1, 0.15) is 6.92 Å². The van der Waals surface area contributed by atoms with Crippen LogP contribution >= 0.6 is 0 Å². The van der Waals surface area contributed by atoms with Crippen LogP contribution in [0.5, 0.6) is 0 Å². The van der Waals surface area contributed by atoms with Gasteiger partial charge in [-0.25, -0.2) is 0 Å². The Bertz CT molecular complexity index is 20.9. The molecule has 0 rings (SSSR count). The third kappa shape index (κ3) is 5.01. The van der Waals surface area contributed by atoms with E-state index in [1.165, 1.54) is 6.54 Å². The fraction of sp³-hybridized carbons (Fsp3) is 1.00. The number of nitrogens with zero attached hydrogens (tertiary/aromatic N) is 1. The second-order valence-corrected chi connectivity index (χ2v) is 4.19. The zero-order valence-corrected chi connectivity index (χ0v) is 7.82. The van der Waals surface area contributed by atoms with Crippen LogP contribution in [0.3, 0.4) is 0 Å². The third-order valence-electron chi connectivity index (χ3n) is 0.474. The average molecular weight is 296 g/mol. The molecule has 0 aliphatic carbocycles. The van der Waals surface area contributed by atoms with E-state index in [2.05, 4.69) is 16.2 Å². The van der Waals surface area contributed by atoms with Crippen LogP contribution in [0.25, 0.3) is 0 Å². The van der Waals surface area contributed by atoms with Gasteiger partial charge in [0.15, 0.2) is 0 Å². The van der Waals surface area contributed by atoms with Crippen LogP contribution in [0.15, 0.2) is 0 Å². The Morgan fingerprint density at radius 2 is 2.00 bits per heavy atom. The summed E-state index contributed by atoms with van der Waals surface area (Å²) in [5.74, 6) is 0. The topological polar surface area (TPSA) is 3.24 Å². The summed E-state index contributed by atoms with van der Waals surface area (Å²) in [6.07, 6.45) is 0. The Hall–Kier alpha value is 1.01. The second kappa shape index (κ2) is 3.21. The van der Waals surface area contributed by atoms with Gasteiger partial charge < -0.3 is 0 Å². The Morgan fingerprint density at radius 1 is 1.80 bits per heavy atom. The van der Waals surface area contributed by atoms with E-state index in [9.17, 15) is 0 Å². The van der Waals surface area contributed by atoms with Crippen molar-refractivity contribution in [2.45, 2.75) is 6.92 Å². The Labute approximate surface area is 52.5 Å². The van der Waals surface area contributed by atoms with E-state index in [0.29, 0.717) is 0 Å². The van der Waals surface area contributed by atoms with Gasteiger partial charge in [0.05, 0.1) is 0 Å². The van der Waals surface area contributed by atoms with Crippen LogP contribution in [0, 0.1) is 29.7 Å². The van der Waals surface area contributed by atoms with Gasteiger partial charge in [0, 0.05) is 0 Å². The van der Waals surface area contributed by atoms with Crippen molar-refractivity contribution < 1.29 is 29.7 Å². The molecule has 0 aromatic heterocycles. The van der Waals surface area contributed by atoms with Gasteiger partial charge in [-0.1, -0.05) is 0 Å². The molecule has 0 fully saturated rings. The van der Waals surface area contributed by atoms with Crippen molar-refractivity contribution in [1.29, 1.82) is 0 Å². The molecule has 0 aliphatic rings. The van der Waals surface area contributed by atoms with Gasteiger partial charge in [-0.05, 0) is 0 Å². The molecule has 5 heavy (non-hydrogen) atoms. The molecule has 2 heteroatoms. The molecule has 0 aromatic rings. The summed E-state index contributed by atoms with van der Waals surface area (Å²) in [5, 5.41) is 0. The van der Waals surface area contributed by atoms with Gasteiger partial charge in [-0.15, -0.1) is 0 Å². The summed E-state index contributed by atoms with van der Waals surface area (Å²) in [5.41, 5.74) is 0. The monoisotopic (exact) mass is 296 g/mol. The molecule has 0 radical (unpaired) electrons. The molecule has 0 saturated carbocycles. The van der Waals surface area contributed by atoms with Gasteiger partial charge in [-0.2, -0.15) is 0 Å². The van der Waals surface area contributed by atoms with Gasteiger partial charge in [0.1, 0.15) is 0 Å². The summed E-state index contributed by atoms with van der Waals surface area (Å²) in [6, 6.07) is 0. The standard InChI is InChI=1S/C3H8N.U/c1-3-4-2;/h3H2,1-2H3;/q-1;+1. The molecule has 29 valence electrons. The predicted molar refractivity (Wildman–Crippen MR) is 18.3 cm³/mol. The Balaban J connectivity index is 2.54. The van der Waals surface area contributed by atoms with Crippen LogP contribution < -0.4 is 0 Å². The number of hydrogen-bond donors (Lipinski definition) is 0. The van der Waals surface area contributed by atoms with E-state index in [-0.39, 0.29) is 0 Å². The van der Waals surface area contributed by atoms with Gasteiger partial charge in [0.25, 0.3) is 0 Å². The first-order valence-corrected chi connectivity index (χ1v) is 3.56. The molecule has 0 aromatic carbocycles. The van der Waals surface area contributed by atoms with Crippen molar-refractivity contribution in [2.75, 3.05) is 13.6 Å². The molecule has 0 heterocycles. The van der Waals surface area contributed by atoms with Crippen molar-refractivity contribution >= 4 is 0 Å². The first kappa shape index (κ1) is 6.01.